The van der Waals surface area contributed by atoms with E-state index in [-0.39, 0.29) is 25.7 Å². The molecule has 0 aromatic heterocycles. The second-order valence-corrected chi connectivity index (χ2v) is 30.4. The third-order valence-electron chi connectivity index (χ3n) is 17.5. The third-order valence-corrected chi connectivity index (χ3v) is 19.4. The quantitative estimate of drug-likeness (QED) is 0.0222. The molecule has 19 heteroatoms. The van der Waals surface area contributed by atoms with Gasteiger partial charge in [-0.25, -0.2) is 9.13 Å². The lowest BCUT2D eigenvalue weighted by Crippen LogP contribution is -2.30. The number of aliphatic hydroxyl groups is 1. The van der Waals surface area contributed by atoms with Crippen molar-refractivity contribution in [2.24, 2.45) is 5.92 Å². The summed E-state index contributed by atoms with van der Waals surface area (Å²) in [5, 5.41) is 10.6. The van der Waals surface area contributed by atoms with Crippen LogP contribution in [-0.4, -0.2) is 96.7 Å². The molecule has 0 aromatic carbocycles. The zero-order valence-corrected chi connectivity index (χ0v) is 62.9. The van der Waals surface area contributed by atoms with Gasteiger partial charge in [0.15, 0.2) is 12.2 Å². The third kappa shape index (κ3) is 68.6. The molecule has 3 N–H and O–H groups in total. The van der Waals surface area contributed by atoms with Gasteiger partial charge in [0.25, 0.3) is 0 Å². The van der Waals surface area contributed by atoms with E-state index in [2.05, 4.69) is 34.6 Å². The van der Waals surface area contributed by atoms with Gasteiger partial charge in [0.05, 0.1) is 26.4 Å². The summed E-state index contributed by atoms with van der Waals surface area (Å²) in [6.07, 6.45) is 56.9. The van der Waals surface area contributed by atoms with Crippen LogP contribution in [0.15, 0.2) is 0 Å². The molecule has 0 aliphatic carbocycles. The van der Waals surface area contributed by atoms with E-state index >= 15 is 0 Å². The normalized spacial score (nSPS) is 14.0. The number of unbranched alkanes of at least 4 members (excludes halogenated alkanes) is 47. The number of carbonyl (C=O) groups excluding carboxylic acids is 4. The Morgan fingerprint density at radius 2 is 0.489 bits per heavy atom. The predicted octanol–water partition coefficient (Wildman–Crippen LogP) is 22.1. The molecule has 0 aliphatic rings. The molecule has 558 valence electrons. The van der Waals surface area contributed by atoms with Gasteiger partial charge in [0, 0.05) is 25.7 Å². The van der Waals surface area contributed by atoms with E-state index in [1.807, 2.05) is 0 Å². The molecule has 0 amide bonds. The van der Waals surface area contributed by atoms with E-state index < -0.39 is 97.5 Å². The summed E-state index contributed by atoms with van der Waals surface area (Å²) in [7, 11) is -9.90. The number of carbonyl (C=O) groups is 4. The van der Waals surface area contributed by atoms with E-state index in [0.717, 1.165) is 95.8 Å². The molecule has 0 rings (SSSR count). The molecular weight excluding hydrogens is 1230 g/mol. The Hall–Kier alpha value is -1.94. The second-order valence-electron chi connectivity index (χ2n) is 27.5. The Morgan fingerprint density at radius 1 is 0.287 bits per heavy atom. The van der Waals surface area contributed by atoms with E-state index in [9.17, 15) is 43.2 Å². The maximum absolute atomic E-state index is 13.1. The number of phosphoric ester groups is 2. The summed E-state index contributed by atoms with van der Waals surface area (Å²) in [5.74, 6) is -1.37. The maximum atomic E-state index is 13.1. The molecule has 0 saturated carbocycles. The van der Waals surface area contributed by atoms with Gasteiger partial charge in [-0.05, 0) is 31.6 Å². The molecule has 0 radical (unpaired) electrons. The topological polar surface area (TPSA) is 237 Å². The minimum atomic E-state index is -4.95. The van der Waals surface area contributed by atoms with Crippen molar-refractivity contribution in [2.75, 3.05) is 39.6 Å². The predicted molar refractivity (Wildman–Crippen MR) is 382 cm³/mol. The lowest BCUT2D eigenvalue weighted by Gasteiger charge is -2.21. The first-order chi connectivity index (χ1) is 45.5. The van der Waals surface area contributed by atoms with E-state index in [1.165, 1.54) is 218 Å². The first kappa shape index (κ1) is 92.1. The number of hydrogen-bond donors (Lipinski definition) is 3. The number of esters is 4. The zero-order valence-electron chi connectivity index (χ0n) is 61.1. The second kappa shape index (κ2) is 68.2. The summed E-state index contributed by atoms with van der Waals surface area (Å²) in [6.45, 7) is 7.25. The standard InChI is InChI=1S/C75H146O17P2/c1-6-9-12-15-18-21-24-25-26-27-28-29-30-31-32-33-35-40-46-51-56-61-75(80)92-71(65-86-73(78)59-54-49-44-41-36-37-42-47-52-57-68(4)5)67-90-94(83,84)88-63-69(76)62-87-93(81,82)89-66-70(64-85-72(77)58-53-48-43-38-23-20-17-14-11-8-3)91-74(79)60-55-50-45-39-34-22-19-16-13-10-7-2/h68-71,76H,6-67H2,1-5H3,(H,81,82)(H,83,84)/t69-,70+,71+/m0/s1. The number of hydrogen-bond acceptors (Lipinski definition) is 15. The Bertz CT molecular complexity index is 1810. The highest BCUT2D eigenvalue weighted by atomic mass is 31.2. The van der Waals surface area contributed by atoms with Crippen LogP contribution in [0.25, 0.3) is 0 Å². The maximum Gasteiger partial charge on any atom is 0.472 e. The molecule has 0 aliphatic heterocycles. The van der Waals surface area contributed by atoms with Crippen LogP contribution in [0.5, 0.6) is 0 Å². The van der Waals surface area contributed by atoms with Crippen LogP contribution >= 0.6 is 15.6 Å². The SMILES string of the molecule is CCCCCCCCCCCCCCCCCCCCCCCC(=O)O[C@H](COC(=O)CCCCCCCCCCCC(C)C)COP(=O)(O)OC[C@@H](O)COP(=O)(O)OC[C@@H](COC(=O)CCCCCCCCCCCC)OC(=O)CCCCCCCCCCCCC. The number of phosphoric acid groups is 2. The molecule has 94 heavy (non-hydrogen) atoms. The molecule has 17 nitrogen and oxygen atoms in total. The Morgan fingerprint density at radius 3 is 0.723 bits per heavy atom. The van der Waals surface area contributed by atoms with Crippen molar-refractivity contribution < 1.29 is 80.2 Å². The minimum absolute atomic E-state index is 0.107. The van der Waals surface area contributed by atoms with Crippen molar-refractivity contribution in [1.82, 2.24) is 0 Å². The number of rotatable bonds is 75. The minimum Gasteiger partial charge on any atom is -0.462 e. The summed E-state index contributed by atoms with van der Waals surface area (Å²) in [5.41, 5.74) is 0. The fourth-order valence-electron chi connectivity index (χ4n) is 11.5. The Labute approximate surface area is 575 Å². The summed E-state index contributed by atoms with van der Waals surface area (Å²) < 4.78 is 68.4. The van der Waals surface area contributed by atoms with Crippen molar-refractivity contribution in [3.05, 3.63) is 0 Å². The van der Waals surface area contributed by atoms with Crippen LogP contribution in [0.4, 0.5) is 0 Å². The molecule has 0 aromatic rings. The van der Waals surface area contributed by atoms with Crippen LogP contribution in [0.2, 0.25) is 0 Å². The van der Waals surface area contributed by atoms with Crippen molar-refractivity contribution in [1.29, 1.82) is 0 Å². The summed E-state index contributed by atoms with van der Waals surface area (Å²) >= 11 is 0. The number of ether oxygens (including phenoxy) is 4. The van der Waals surface area contributed by atoms with Crippen LogP contribution in [0.3, 0.4) is 0 Å². The highest BCUT2D eigenvalue weighted by Crippen LogP contribution is 2.45. The zero-order chi connectivity index (χ0) is 69.1. The highest BCUT2D eigenvalue weighted by molar-refractivity contribution is 7.47. The first-order valence-electron chi connectivity index (χ1n) is 39.1. The highest BCUT2D eigenvalue weighted by Gasteiger charge is 2.30. The van der Waals surface area contributed by atoms with E-state index in [1.54, 1.807) is 0 Å². The van der Waals surface area contributed by atoms with Crippen molar-refractivity contribution in [3.63, 3.8) is 0 Å². The number of aliphatic hydroxyl groups excluding tert-OH is 1. The van der Waals surface area contributed by atoms with Crippen molar-refractivity contribution in [3.8, 4) is 0 Å². The Kier molecular flexibility index (Phi) is 66.8. The monoisotopic (exact) mass is 1380 g/mol. The summed E-state index contributed by atoms with van der Waals surface area (Å²) in [6, 6.07) is 0. The van der Waals surface area contributed by atoms with Gasteiger partial charge >= 0.3 is 39.5 Å². The van der Waals surface area contributed by atoms with Gasteiger partial charge in [-0.1, -0.05) is 343 Å². The average Bonchev–Trinajstić information content (AvgIpc) is 3.14. The van der Waals surface area contributed by atoms with E-state index in [0.29, 0.717) is 25.7 Å². The van der Waals surface area contributed by atoms with Crippen LogP contribution < -0.4 is 0 Å². The molecule has 0 heterocycles. The van der Waals surface area contributed by atoms with Crippen LogP contribution in [0, 0.1) is 5.92 Å². The Balaban J connectivity index is 5.18. The molecule has 2 unspecified atom stereocenters. The van der Waals surface area contributed by atoms with Gasteiger partial charge in [-0.3, -0.25) is 37.3 Å². The smallest absolute Gasteiger partial charge is 0.462 e. The summed E-state index contributed by atoms with van der Waals surface area (Å²) in [4.78, 5) is 72.7. The lowest BCUT2D eigenvalue weighted by molar-refractivity contribution is -0.161. The fraction of sp³-hybridized carbons (Fsp3) is 0.947. The van der Waals surface area contributed by atoms with Gasteiger partial charge < -0.3 is 33.8 Å². The van der Waals surface area contributed by atoms with Crippen molar-refractivity contribution in [2.45, 2.75) is 412 Å². The van der Waals surface area contributed by atoms with Crippen molar-refractivity contribution >= 4 is 39.5 Å². The molecule has 0 saturated heterocycles. The van der Waals surface area contributed by atoms with E-state index in [4.69, 9.17) is 37.0 Å². The fourth-order valence-corrected chi connectivity index (χ4v) is 13.1. The molecule has 5 atom stereocenters. The van der Waals surface area contributed by atoms with Crippen LogP contribution in [0.1, 0.15) is 394 Å². The largest absolute Gasteiger partial charge is 0.472 e. The van der Waals surface area contributed by atoms with Gasteiger partial charge in [-0.15, -0.1) is 0 Å². The van der Waals surface area contributed by atoms with Crippen LogP contribution in [-0.2, 0) is 65.4 Å². The lowest BCUT2D eigenvalue weighted by atomic mass is 10.0. The first-order valence-corrected chi connectivity index (χ1v) is 42.1. The molecule has 0 spiro atoms. The van der Waals surface area contributed by atoms with Gasteiger partial charge in [0.1, 0.15) is 19.3 Å². The molecule has 0 bridgehead atoms. The average molecular weight is 1380 g/mol. The molecule has 0 fully saturated rings. The molecular formula is C75H146O17P2. The van der Waals surface area contributed by atoms with Gasteiger partial charge in [0.2, 0.25) is 0 Å². The van der Waals surface area contributed by atoms with Gasteiger partial charge in [-0.2, -0.15) is 0 Å².